The molecule has 21 heavy (non-hydrogen) atoms. The van der Waals surface area contributed by atoms with Crippen molar-refractivity contribution in [3.8, 4) is 5.75 Å². The highest BCUT2D eigenvalue weighted by atomic mass is 32.2. The van der Waals surface area contributed by atoms with Crippen LogP contribution in [0.3, 0.4) is 0 Å². The van der Waals surface area contributed by atoms with Crippen molar-refractivity contribution in [2.75, 3.05) is 12.4 Å². The van der Waals surface area contributed by atoms with Gasteiger partial charge in [0.2, 0.25) is 5.76 Å². The van der Waals surface area contributed by atoms with Crippen LogP contribution in [-0.2, 0) is 23.6 Å². The molecule has 2 heterocycles. The van der Waals surface area contributed by atoms with E-state index in [9.17, 15) is 9.00 Å². The molecule has 0 aliphatic carbocycles. The van der Waals surface area contributed by atoms with Crippen LogP contribution in [0.4, 0.5) is 0 Å². The molecule has 1 unspecified atom stereocenters. The van der Waals surface area contributed by atoms with Crippen LogP contribution in [0.2, 0.25) is 0 Å². The smallest absolute Gasteiger partial charge is 0.371 e. The lowest BCUT2D eigenvalue weighted by Crippen LogP contribution is -2.01. The second-order valence-electron chi connectivity index (χ2n) is 4.76. The Bertz CT molecular complexity index is 704. The number of aromatic carboxylic acids is 1. The highest BCUT2D eigenvalue weighted by molar-refractivity contribution is 7.84. The highest BCUT2D eigenvalue weighted by Crippen LogP contribution is 2.26. The van der Waals surface area contributed by atoms with Crippen molar-refractivity contribution in [2.24, 2.45) is 0 Å². The molecule has 0 bridgehead atoms. The Morgan fingerprint density at radius 3 is 2.90 bits per heavy atom. The molecule has 0 spiro atoms. The number of benzene rings is 1. The topological polar surface area (TPSA) is 76.7 Å². The van der Waals surface area contributed by atoms with E-state index in [1.807, 2.05) is 12.1 Å². The summed E-state index contributed by atoms with van der Waals surface area (Å²) in [6, 6.07) is 8.75. The fraction of sp³-hybridized carbons (Fsp3) is 0.267. The van der Waals surface area contributed by atoms with E-state index in [0.717, 1.165) is 24.3 Å². The number of aryl methyl sites for hydroxylation is 1. The molecule has 6 heteroatoms. The molecule has 5 nitrogen and oxygen atoms in total. The van der Waals surface area contributed by atoms with Gasteiger partial charge in [-0.05, 0) is 35.7 Å². The summed E-state index contributed by atoms with van der Waals surface area (Å²) < 4.78 is 22.6. The lowest BCUT2D eigenvalue weighted by molar-refractivity contribution is 0.0656. The maximum atomic E-state index is 12.1. The van der Waals surface area contributed by atoms with Gasteiger partial charge in [0, 0.05) is 12.2 Å². The summed E-state index contributed by atoms with van der Waals surface area (Å²) in [5.74, 6) is -0.0198. The predicted molar refractivity (Wildman–Crippen MR) is 76.3 cm³/mol. The number of carboxylic acids is 1. The van der Waals surface area contributed by atoms with E-state index in [1.54, 1.807) is 0 Å². The Morgan fingerprint density at radius 1 is 1.29 bits per heavy atom. The van der Waals surface area contributed by atoms with Gasteiger partial charge in [-0.1, -0.05) is 12.1 Å². The summed E-state index contributed by atoms with van der Waals surface area (Å²) in [4.78, 5) is 10.7. The van der Waals surface area contributed by atoms with Crippen LogP contribution in [-0.4, -0.2) is 27.6 Å². The van der Waals surface area contributed by atoms with E-state index < -0.39 is 16.8 Å². The average Bonchev–Trinajstić information content (AvgIpc) is 3.12. The molecule has 1 aliphatic heterocycles. The Kier molecular flexibility index (Phi) is 3.79. The fourth-order valence-electron chi connectivity index (χ4n) is 2.26. The van der Waals surface area contributed by atoms with Gasteiger partial charge in [-0.3, -0.25) is 4.21 Å². The Hall–Kier alpha value is -2.08. The van der Waals surface area contributed by atoms with Crippen LogP contribution in [0.15, 0.2) is 39.8 Å². The van der Waals surface area contributed by atoms with Crippen molar-refractivity contribution < 1.29 is 23.3 Å². The van der Waals surface area contributed by atoms with Gasteiger partial charge in [-0.25, -0.2) is 4.79 Å². The van der Waals surface area contributed by atoms with Crippen LogP contribution in [0.25, 0.3) is 0 Å². The van der Waals surface area contributed by atoms with Crippen LogP contribution >= 0.6 is 0 Å². The zero-order valence-corrected chi connectivity index (χ0v) is 12.0. The SMILES string of the molecule is O=C(O)c1ccc(S(=O)CCc2ccc3c(c2)CCO3)o1. The number of hydrogen-bond acceptors (Lipinski definition) is 4. The first-order valence-electron chi connectivity index (χ1n) is 6.59. The number of carbonyl (C=O) groups is 1. The first-order valence-corrected chi connectivity index (χ1v) is 7.91. The molecule has 0 saturated heterocycles. The maximum Gasteiger partial charge on any atom is 0.371 e. The van der Waals surface area contributed by atoms with Crippen LogP contribution in [0.5, 0.6) is 5.75 Å². The van der Waals surface area contributed by atoms with E-state index in [1.165, 1.54) is 17.7 Å². The highest BCUT2D eigenvalue weighted by Gasteiger charge is 2.15. The van der Waals surface area contributed by atoms with Crippen LogP contribution in [0, 0.1) is 0 Å². The van der Waals surface area contributed by atoms with Gasteiger partial charge in [0.05, 0.1) is 17.4 Å². The standard InChI is InChI=1S/C15H14O5S/c16-15(17)13-3-4-14(20-13)21(18)8-6-10-1-2-12-11(9-10)5-7-19-12/h1-4,9H,5-8H2,(H,16,17). The summed E-state index contributed by atoms with van der Waals surface area (Å²) in [5, 5.41) is 8.98. The molecule has 1 aromatic heterocycles. The molecule has 3 rings (SSSR count). The maximum absolute atomic E-state index is 12.1. The Morgan fingerprint density at radius 2 is 2.14 bits per heavy atom. The molecule has 0 saturated carbocycles. The van der Waals surface area contributed by atoms with Gasteiger partial charge in [-0.2, -0.15) is 0 Å². The van der Waals surface area contributed by atoms with E-state index in [0.29, 0.717) is 12.2 Å². The number of furan rings is 1. The summed E-state index contributed by atoms with van der Waals surface area (Å²) in [6.45, 7) is 0.717. The van der Waals surface area contributed by atoms with Gasteiger partial charge in [0.25, 0.3) is 0 Å². The van der Waals surface area contributed by atoms with Crippen LogP contribution in [0.1, 0.15) is 21.7 Å². The summed E-state index contributed by atoms with van der Waals surface area (Å²) in [5.41, 5.74) is 2.28. The van der Waals surface area contributed by atoms with E-state index >= 15 is 0 Å². The first-order chi connectivity index (χ1) is 10.1. The molecular formula is C15H14O5S. The molecule has 1 aliphatic rings. The summed E-state index contributed by atoms with van der Waals surface area (Å²) in [7, 11) is -1.34. The van der Waals surface area contributed by atoms with Crippen molar-refractivity contribution >= 4 is 16.8 Å². The molecule has 110 valence electrons. The van der Waals surface area contributed by atoms with Crippen molar-refractivity contribution in [3.05, 3.63) is 47.2 Å². The molecule has 1 atom stereocenters. The molecule has 0 amide bonds. The molecular weight excluding hydrogens is 292 g/mol. The Labute approximate surface area is 124 Å². The minimum Gasteiger partial charge on any atom is -0.493 e. The van der Waals surface area contributed by atoms with Gasteiger partial charge in [0.15, 0.2) is 5.09 Å². The van der Waals surface area contributed by atoms with E-state index in [4.69, 9.17) is 14.3 Å². The lowest BCUT2D eigenvalue weighted by Gasteiger charge is -2.03. The van der Waals surface area contributed by atoms with E-state index in [-0.39, 0.29) is 10.9 Å². The first kappa shape index (κ1) is 13.9. The summed E-state index contributed by atoms with van der Waals surface area (Å²) in [6.07, 6.45) is 1.55. The van der Waals surface area contributed by atoms with Crippen molar-refractivity contribution in [3.63, 3.8) is 0 Å². The number of ether oxygens (including phenoxy) is 1. The van der Waals surface area contributed by atoms with Gasteiger partial charge < -0.3 is 14.3 Å². The second-order valence-corrected chi connectivity index (χ2v) is 6.27. The van der Waals surface area contributed by atoms with Crippen molar-refractivity contribution in [1.29, 1.82) is 0 Å². The molecule has 0 fully saturated rings. The number of fused-ring (bicyclic) bond motifs is 1. The fourth-order valence-corrected chi connectivity index (χ4v) is 3.29. The largest absolute Gasteiger partial charge is 0.493 e. The quantitative estimate of drug-likeness (QED) is 0.917. The number of carboxylic acid groups (broad SMARTS) is 1. The second kappa shape index (κ2) is 5.73. The monoisotopic (exact) mass is 306 g/mol. The number of rotatable bonds is 5. The lowest BCUT2D eigenvalue weighted by atomic mass is 10.1. The predicted octanol–water partition coefficient (Wildman–Crippen LogP) is 2.26. The third kappa shape index (κ3) is 3.00. The third-order valence-corrected chi connectivity index (χ3v) is 4.59. The molecule has 0 radical (unpaired) electrons. The number of hydrogen-bond donors (Lipinski definition) is 1. The normalized spacial score (nSPS) is 14.5. The summed E-state index contributed by atoms with van der Waals surface area (Å²) >= 11 is 0. The minimum absolute atomic E-state index is 0.187. The van der Waals surface area contributed by atoms with Gasteiger partial charge in [0.1, 0.15) is 5.75 Å². The van der Waals surface area contributed by atoms with Crippen molar-refractivity contribution in [1.82, 2.24) is 0 Å². The molecule has 2 aromatic rings. The minimum atomic E-state index is -1.34. The molecule has 1 N–H and O–H groups in total. The third-order valence-electron chi connectivity index (χ3n) is 3.35. The average molecular weight is 306 g/mol. The molecule has 1 aromatic carbocycles. The van der Waals surface area contributed by atoms with Crippen LogP contribution < -0.4 is 4.74 Å². The van der Waals surface area contributed by atoms with E-state index in [2.05, 4.69) is 6.07 Å². The van der Waals surface area contributed by atoms with Gasteiger partial charge in [-0.15, -0.1) is 0 Å². The zero-order valence-electron chi connectivity index (χ0n) is 11.2. The van der Waals surface area contributed by atoms with Gasteiger partial charge >= 0.3 is 5.97 Å². The zero-order chi connectivity index (χ0) is 14.8. The Balaban J connectivity index is 1.64. The van der Waals surface area contributed by atoms with Crippen molar-refractivity contribution in [2.45, 2.75) is 17.9 Å².